The van der Waals surface area contributed by atoms with Crippen LogP contribution in [0, 0.1) is 5.82 Å². The Balaban J connectivity index is 0.00000200. The van der Waals surface area contributed by atoms with Crippen LogP contribution in [0.4, 0.5) is 4.39 Å². The SMILES string of the molecule is COc1ccc(CNC(=O)CC2CCCN2)cc1F.Cl. The van der Waals surface area contributed by atoms with Gasteiger partial charge in [-0.3, -0.25) is 4.79 Å². The van der Waals surface area contributed by atoms with E-state index >= 15 is 0 Å². The highest BCUT2D eigenvalue weighted by molar-refractivity contribution is 5.85. The first-order valence-electron chi connectivity index (χ1n) is 6.51. The highest BCUT2D eigenvalue weighted by Gasteiger charge is 2.17. The Kier molecular flexibility index (Phi) is 6.75. The molecular formula is C14H20ClFN2O2. The number of ether oxygens (including phenoxy) is 1. The molecule has 1 heterocycles. The maximum atomic E-state index is 13.5. The van der Waals surface area contributed by atoms with Gasteiger partial charge in [0.05, 0.1) is 7.11 Å². The lowest BCUT2D eigenvalue weighted by Gasteiger charge is -2.11. The molecule has 1 unspecified atom stereocenters. The summed E-state index contributed by atoms with van der Waals surface area (Å²) in [5.74, 6) is -0.201. The van der Waals surface area contributed by atoms with Gasteiger partial charge in [0, 0.05) is 19.0 Å². The second kappa shape index (κ2) is 8.07. The minimum Gasteiger partial charge on any atom is -0.494 e. The Morgan fingerprint density at radius 2 is 2.35 bits per heavy atom. The molecule has 1 saturated heterocycles. The number of benzene rings is 1. The Labute approximate surface area is 124 Å². The fourth-order valence-corrected chi connectivity index (χ4v) is 2.25. The molecule has 2 rings (SSSR count). The van der Waals surface area contributed by atoms with Crippen molar-refractivity contribution in [2.75, 3.05) is 13.7 Å². The summed E-state index contributed by atoms with van der Waals surface area (Å²) in [5, 5.41) is 6.08. The van der Waals surface area contributed by atoms with E-state index in [2.05, 4.69) is 10.6 Å². The smallest absolute Gasteiger partial charge is 0.221 e. The molecule has 4 nitrogen and oxygen atoms in total. The molecule has 0 radical (unpaired) electrons. The largest absolute Gasteiger partial charge is 0.494 e. The van der Waals surface area contributed by atoms with Gasteiger partial charge >= 0.3 is 0 Å². The van der Waals surface area contributed by atoms with Gasteiger partial charge in [0.25, 0.3) is 0 Å². The van der Waals surface area contributed by atoms with E-state index in [1.54, 1.807) is 12.1 Å². The molecule has 0 bridgehead atoms. The van der Waals surface area contributed by atoms with Crippen molar-refractivity contribution in [2.24, 2.45) is 0 Å². The predicted octanol–water partition coefficient (Wildman–Crippen LogP) is 2.01. The normalized spacial score (nSPS) is 17.4. The van der Waals surface area contributed by atoms with Crippen LogP contribution in [0.25, 0.3) is 0 Å². The number of rotatable bonds is 5. The maximum Gasteiger partial charge on any atom is 0.221 e. The third-order valence-corrected chi connectivity index (χ3v) is 3.30. The zero-order valence-electron chi connectivity index (χ0n) is 11.4. The molecule has 2 N–H and O–H groups in total. The molecule has 20 heavy (non-hydrogen) atoms. The first-order chi connectivity index (χ1) is 9.19. The van der Waals surface area contributed by atoms with E-state index in [-0.39, 0.29) is 30.1 Å². The van der Waals surface area contributed by atoms with Crippen molar-refractivity contribution < 1.29 is 13.9 Å². The lowest BCUT2D eigenvalue weighted by atomic mass is 10.1. The summed E-state index contributed by atoms with van der Waals surface area (Å²) in [7, 11) is 1.43. The number of hydrogen-bond acceptors (Lipinski definition) is 3. The van der Waals surface area contributed by atoms with Crippen molar-refractivity contribution in [3.63, 3.8) is 0 Å². The summed E-state index contributed by atoms with van der Waals surface area (Å²) < 4.78 is 18.3. The van der Waals surface area contributed by atoms with Crippen LogP contribution >= 0.6 is 12.4 Å². The molecule has 0 spiro atoms. The molecule has 0 aromatic heterocycles. The van der Waals surface area contributed by atoms with E-state index in [0.717, 1.165) is 24.9 Å². The van der Waals surface area contributed by atoms with E-state index in [1.165, 1.54) is 13.2 Å². The predicted molar refractivity (Wildman–Crippen MR) is 77.7 cm³/mol. The van der Waals surface area contributed by atoms with Gasteiger partial charge in [0.2, 0.25) is 5.91 Å². The molecule has 0 aliphatic carbocycles. The van der Waals surface area contributed by atoms with Gasteiger partial charge in [0.1, 0.15) is 0 Å². The summed E-state index contributed by atoms with van der Waals surface area (Å²) in [4.78, 5) is 11.7. The molecule has 1 amide bonds. The van der Waals surface area contributed by atoms with Crippen molar-refractivity contribution in [3.05, 3.63) is 29.6 Å². The van der Waals surface area contributed by atoms with Gasteiger partial charge in [-0.15, -0.1) is 12.4 Å². The fourth-order valence-electron chi connectivity index (χ4n) is 2.25. The van der Waals surface area contributed by atoms with Crippen molar-refractivity contribution in [1.29, 1.82) is 0 Å². The van der Waals surface area contributed by atoms with E-state index < -0.39 is 5.82 Å². The maximum absolute atomic E-state index is 13.5. The summed E-state index contributed by atoms with van der Waals surface area (Å²) in [6, 6.07) is 4.98. The van der Waals surface area contributed by atoms with Crippen LogP contribution in [0.5, 0.6) is 5.75 Å². The summed E-state index contributed by atoms with van der Waals surface area (Å²) in [6.45, 7) is 1.33. The van der Waals surface area contributed by atoms with E-state index in [0.29, 0.717) is 13.0 Å². The third-order valence-electron chi connectivity index (χ3n) is 3.30. The molecule has 1 aliphatic heterocycles. The molecule has 1 aromatic rings. The van der Waals surface area contributed by atoms with Crippen LogP contribution in [-0.2, 0) is 11.3 Å². The minimum absolute atomic E-state index is 0. The third kappa shape index (κ3) is 4.65. The molecule has 0 saturated carbocycles. The molecule has 1 fully saturated rings. The van der Waals surface area contributed by atoms with E-state index in [9.17, 15) is 9.18 Å². The second-order valence-corrected chi connectivity index (χ2v) is 4.74. The van der Waals surface area contributed by atoms with Gasteiger partial charge in [-0.25, -0.2) is 4.39 Å². The zero-order chi connectivity index (χ0) is 13.7. The van der Waals surface area contributed by atoms with Crippen LogP contribution in [0.3, 0.4) is 0 Å². The number of nitrogens with one attached hydrogen (secondary N) is 2. The van der Waals surface area contributed by atoms with Crippen LogP contribution in [0.15, 0.2) is 18.2 Å². The number of amides is 1. The lowest BCUT2D eigenvalue weighted by molar-refractivity contribution is -0.121. The zero-order valence-corrected chi connectivity index (χ0v) is 12.3. The Morgan fingerprint density at radius 3 is 2.95 bits per heavy atom. The van der Waals surface area contributed by atoms with Gasteiger partial charge in [-0.05, 0) is 37.1 Å². The first-order valence-corrected chi connectivity index (χ1v) is 6.51. The quantitative estimate of drug-likeness (QED) is 0.875. The topological polar surface area (TPSA) is 50.4 Å². The van der Waals surface area contributed by atoms with Crippen LogP contribution in [-0.4, -0.2) is 25.6 Å². The summed E-state index contributed by atoms with van der Waals surface area (Å²) in [6.07, 6.45) is 2.66. The van der Waals surface area contributed by atoms with E-state index in [1.807, 2.05) is 0 Å². The molecule has 1 aromatic carbocycles. The monoisotopic (exact) mass is 302 g/mol. The summed E-state index contributed by atoms with van der Waals surface area (Å²) >= 11 is 0. The second-order valence-electron chi connectivity index (χ2n) is 4.74. The van der Waals surface area contributed by atoms with Crippen molar-refractivity contribution in [3.8, 4) is 5.75 Å². The molecule has 6 heteroatoms. The first kappa shape index (κ1) is 16.7. The standard InChI is InChI=1S/C14H19FN2O2.ClH/c1-19-13-5-4-10(7-12(13)15)9-17-14(18)8-11-3-2-6-16-11;/h4-5,7,11,16H,2-3,6,8-9H2,1H3,(H,17,18);1H. The van der Waals surface area contributed by atoms with Gasteiger partial charge in [-0.2, -0.15) is 0 Å². The van der Waals surface area contributed by atoms with Crippen molar-refractivity contribution in [1.82, 2.24) is 10.6 Å². The van der Waals surface area contributed by atoms with Crippen LogP contribution in [0.1, 0.15) is 24.8 Å². The highest BCUT2D eigenvalue weighted by Crippen LogP contribution is 2.17. The lowest BCUT2D eigenvalue weighted by Crippen LogP contribution is -2.31. The van der Waals surface area contributed by atoms with Crippen molar-refractivity contribution in [2.45, 2.75) is 31.8 Å². The van der Waals surface area contributed by atoms with Gasteiger partial charge < -0.3 is 15.4 Å². The minimum atomic E-state index is -0.410. The van der Waals surface area contributed by atoms with Gasteiger partial charge in [0.15, 0.2) is 11.6 Å². The fraction of sp³-hybridized carbons (Fsp3) is 0.500. The Bertz CT molecular complexity index is 451. The number of carbonyl (C=O) groups excluding carboxylic acids is 1. The molecule has 112 valence electrons. The van der Waals surface area contributed by atoms with Gasteiger partial charge in [-0.1, -0.05) is 6.07 Å². The van der Waals surface area contributed by atoms with Crippen molar-refractivity contribution >= 4 is 18.3 Å². The molecular weight excluding hydrogens is 283 g/mol. The van der Waals surface area contributed by atoms with E-state index in [4.69, 9.17) is 4.74 Å². The Hall–Kier alpha value is -1.33. The highest BCUT2D eigenvalue weighted by atomic mass is 35.5. The number of halogens is 2. The number of carbonyl (C=O) groups is 1. The average Bonchev–Trinajstić information content (AvgIpc) is 2.89. The Morgan fingerprint density at radius 1 is 1.55 bits per heavy atom. The van der Waals surface area contributed by atoms with Crippen LogP contribution in [0.2, 0.25) is 0 Å². The number of hydrogen-bond donors (Lipinski definition) is 2. The average molecular weight is 303 g/mol. The summed E-state index contributed by atoms with van der Waals surface area (Å²) in [5.41, 5.74) is 0.728. The van der Waals surface area contributed by atoms with Crippen LogP contribution < -0.4 is 15.4 Å². The molecule has 1 atom stereocenters. The number of methoxy groups -OCH3 is 1. The molecule has 1 aliphatic rings.